The Balaban J connectivity index is 0.00000190. The first-order valence-corrected chi connectivity index (χ1v) is 14.0. The number of aliphatic hydroxyl groups is 2. The molecule has 1 fully saturated rings. The molecule has 3 rings (SSSR count). The molecule has 11 heteroatoms. The molecule has 10 nitrogen and oxygen atoms in total. The molecule has 5 N–H and O–H groups in total. The van der Waals surface area contributed by atoms with Gasteiger partial charge in [0.25, 0.3) is 5.91 Å². The Bertz CT molecular complexity index is 1010. The minimum atomic E-state index is -0.933. The van der Waals surface area contributed by atoms with Gasteiger partial charge < -0.3 is 45.4 Å². The molecule has 1 aliphatic heterocycles. The Labute approximate surface area is 271 Å². The van der Waals surface area contributed by atoms with Crippen molar-refractivity contribution in [3.05, 3.63) is 60.2 Å². The standard InChI is InChI=1S/C27H38N2O5.C3H6O.CH2O2.Na/c1-2-3-4-8-17-33-24-18-23(31)25(28)26(34-24)22(30)15-16-29-27(32)21-13-11-20(12-14-21)19-9-6-5-7-10-19;1-3(2)4;2-1-3;/h5-7,9-14,22-26,30-31H,2-4,8,15-18,28H2,1H3,(H,29,32);1-2H3;1H,(H,2,3);/q;;;+1/p-1/t22?,23?,24?,25-,26?;;;/m1.../s1. The molecule has 2 aromatic rings. The number of ether oxygens (including phenoxy) is 2. The number of aliphatic hydroxyl groups excluding tert-OH is 2. The smallest absolute Gasteiger partial charge is 0.554 e. The summed E-state index contributed by atoms with van der Waals surface area (Å²) in [5, 5.41) is 32.0. The Hall–Kier alpha value is -2.15. The molecule has 1 heterocycles. The van der Waals surface area contributed by atoms with Crippen LogP contribution in [0.3, 0.4) is 0 Å². The summed E-state index contributed by atoms with van der Waals surface area (Å²) in [6, 6.07) is 16.6. The van der Waals surface area contributed by atoms with Crippen molar-refractivity contribution in [1.82, 2.24) is 5.32 Å². The van der Waals surface area contributed by atoms with Crippen LogP contribution >= 0.6 is 0 Å². The average Bonchev–Trinajstić information content (AvgIpc) is 2.95. The molecule has 0 aromatic heterocycles. The molecule has 0 saturated carbocycles. The number of carboxylic acid groups (broad SMARTS) is 1. The summed E-state index contributed by atoms with van der Waals surface area (Å²) in [6.45, 7) is 5.51. The summed E-state index contributed by atoms with van der Waals surface area (Å²) in [7, 11) is 0. The van der Waals surface area contributed by atoms with Crippen molar-refractivity contribution >= 4 is 18.2 Å². The third-order valence-corrected chi connectivity index (χ3v) is 6.23. The van der Waals surface area contributed by atoms with Crippen LogP contribution in [0.15, 0.2) is 54.6 Å². The molecule has 228 valence electrons. The number of nitrogens with two attached hydrogens (primary N) is 1. The largest absolute Gasteiger partial charge is 1.00 e. The van der Waals surface area contributed by atoms with Gasteiger partial charge in [-0.2, -0.15) is 0 Å². The topological polar surface area (TPSA) is 171 Å². The zero-order valence-electron chi connectivity index (χ0n) is 25.2. The second-order valence-corrected chi connectivity index (χ2v) is 9.90. The van der Waals surface area contributed by atoms with Gasteiger partial charge in [-0.15, -0.1) is 0 Å². The maximum absolute atomic E-state index is 12.5. The second kappa shape index (κ2) is 23.3. The molecular weight excluding hydrogens is 551 g/mol. The van der Waals surface area contributed by atoms with E-state index in [0.29, 0.717) is 12.2 Å². The van der Waals surface area contributed by atoms with Gasteiger partial charge in [0.1, 0.15) is 11.9 Å². The van der Waals surface area contributed by atoms with Crippen LogP contribution in [0.5, 0.6) is 0 Å². The van der Waals surface area contributed by atoms with E-state index in [-0.39, 0.29) is 60.6 Å². The summed E-state index contributed by atoms with van der Waals surface area (Å²) in [6.07, 6.45) is 1.77. The monoisotopic (exact) mass is 596 g/mol. The van der Waals surface area contributed by atoms with Crippen LogP contribution < -0.4 is 45.7 Å². The number of ketones is 1. The van der Waals surface area contributed by atoms with Gasteiger partial charge in [-0.25, -0.2) is 0 Å². The molecule has 0 radical (unpaired) electrons. The van der Waals surface area contributed by atoms with Crippen molar-refractivity contribution in [2.24, 2.45) is 5.73 Å². The van der Waals surface area contributed by atoms with Crippen LogP contribution in [-0.4, -0.2) is 72.2 Å². The number of carbonyl (C=O) groups is 3. The predicted octanol–water partition coefficient (Wildman–Crippen LogP) is -0.800. The zero-order valence-corrected chi connectivity index (χ0v) is 27.2. The summed E-state index contributed by atoms with van der Waals surface area (Å²) < 4.78 is 11.6. The van der Waals surface area contributed by atoms with Gasteiger partial charge in [0.15, 0.2) is 6.29 Å². The fourth-order valence-electron chi connectivity index (χ4n) is 4.14. The first-order valence-electron chi connectivity index (χ1n) is 14.0. The summed E-state index contributed by atoms with van der Waals surface area (Å²) in [4.78, 5) is 30.2. The molecule has 2 aromatic carbocycles. The van der Waals surface area contributed by atoms with Crippen molar-refractivity contribution in [1.29, 1.82) is 0 Å². The van der Waals surface area contributed by atoms with Crippen LogP contribution in [0.25, 0.3) is 11.1 Å². The molecule has 4 unspecified atom stereocenters. The Morgan fingerprint density at radius 2 is 1.67 bits per heavy atom. The van der Waals surface area contributed by atoms with Gasteiger partial charge in [0.2, 0.25) is 0 Å². The van der Waals surface area contributed by atoms with Gasteiger partial charge in [0.05, 0.1) is 18.2 Å². The molecule has 42 heavy (non-hydrogen) atoms. The average molecular weight is 597 g/mol. The molecule has 1 saturated heterocycles. The van der Waals surface area contributed by atoms with Gasteiger partial charge in [-0.3, -0.25) is 4.79 Å². The van der Waals surface area contributed by atoms with E-state index in [9.17, 15) is 19.8 Å². The van der Waals surface area contributed by atoms with E-state index >= 15 is 0 Å². The van der Waals surface area contributed by atoms with Crippen molar-refractivity contribution in [3.8, 4) is 11.1 Å². The normalized spacial score (nSPS) is 19.9. The van der Waals surface area contributed by atoms with E-state index < -0.39 is 37.1 Å². The van der Waals surface area contributed by atoms with Crippen molar-refractivity contribution < 1.29 is 68.7 Å². The Morgan fingerprint density at radius 3 is 2.24 bits per heavy atom. The number of nitrogens with one attached hydrogen (secondary N) is 1. The number of unbranched alkanes of at least 4 members (excludes halogenated alkanes) is 3. The van der Waals surface area contributed by atoms with Crippen LogP contribution in [0, 0.1) is 0 Å². The number of amides is 1. The van der Waals surface area contributed by atoms with E-state index in [1.54, 1.807) is 12.1 Å². The SMILES string of the molecule is CC(C)=O.CCCCCCOC1CC(O)[C@@H](N)C(C(O)CCNC(=O)c2ccc(-c3ccccc3)cc2)O1.O=C[O-].[Na+]. The summed E-state index contributed by atoms with van der Waals surface area (Å²) in [5.41, 5.74) is 8.76. The molecule has 0 spiro atoms. The number of Topliss-reactive ketones (excluding diaryl/α,β-unsaturated/α-hetero) is 1. The van der Waals surface area contributed by atoms with E-state index in [2.05, 4.69) is 12.2 Å². The Morgan fingerprint density at radius 1 is 1.10 bits per heavy atom. The second-order valence-electron chi connectivity index (χ2n) is 9.90. The molecular formula is C31H45N2NaO8. The summed E-state index contributed by atoms with van der Waals surface area (Å²) in [5.74, 6) is -0.0472. The van der Waals surface area contributed by atoms with Gasteiger partial charge in [0, 0.05) is 31.6 Å². The van der Waals surface area contributed by atoms with Crippen LogP contribution in [0.2, 0.25) is 0 Å². The van der Waals surface area contributed by atoms with Crippen LogP contribution in [0.4, 0.5) is 0 Å². The van der Waals surface area contributed by atoms with Gasteiger partial charge >= 0.3 is 29.6 Å². The molecule has 1 amide bonds. The third kappa shape index (κ3) is 15.9. The summed E-state index contributed by atoms with van der Waals surface area (Å²) >= 11 is 0. The van der Waals surface area contributed by atoms with Crippen molar-refractivity contribution in [2.75, 3.05) is 13.2 Å². The molecule has 1 aliphatic rings. The minimum absolute atomic E-state index is 0. The maximum Gasteiger partial charge on any atom is 1.00 e. The third-order valence-electron chi connectivity index (χ3n) is 6.23. The molecule has 5 atom stereocenters. The predicted molar refractivity (Wildman–Crippen MR) is 155 cm³/mol. The maximum atomic E-state index is 12.5. The molecule has 0 aliphatic carbocycles. The number of benzene rings is 2. The van der Waals surface area contributed by atoms with Crippen LogP contribution in [0.1, 0.15) is 69.7 Å². The van der Waals surface area contributed by atoms with Crippen LogP contribution in [-0.2, 0) is 19.1 Å². The Kier molecular flexibility index (Phi) is 22.1. The first kappa shape index (κ1) is 39.8. The fourth-order valence-corrected chi connectivity index (χ4v) is 4.14. The van der Waals surface area contributed by atoms with E-state index in [4.69, 9.17) is 25.1 Å². The first-order chi connectivity index (χ1) is 19.6. The minimum Gasteiger partial charge on any atom is -0.554 e. The fraction of sp³-hybridized carbons (Fsp3) is 0.516. The number of rotatable bonds is 12. The number of hydrogen-bond donors (Lipinski definition) is 4. The van der Waals surface area contributed by atoms with Gasteiger partial charge in [-0.05, 0) is 49.9 Å². The number of hydrogen-bond acceptors (Lipinski definition) is 9. The zero-order chi connectivity index (χ0) is 30.6. The van der Waals surface area contributed by atoms with E-state index in [1.807, 2.05) is 42.5 Å². The van der Waals surface area contributed by atoms with Gasteiger partial charge in [-0.1, -0.05) is 68.7 Å². The number of carbonyl (C=O) groups excluding carboxylic acids is 3. The van der Waals surface area contributed by atoms with Crippen molar-refractivity contribution in [3.63, 3.8) is 0 Å². The quantitative estimate of drug-likeness (QED) is 0.139. The van der Waals surface area contributed by atoms with E-state index in [0.717, 1.165) is 36.8 Å². The van der Waals surface area contributed by atoms with Crippen molar-refractivity contribution in [2.45, 2.75) is 89.9 Å². The molecule has 0 bridgehead atoms. The van der Waals surface area contributed by atoms with E-state index in [1.165, 1.54) is 13.8 Å².